The van der Waals surface area contributed by atoms with Gasteiger partial charge in [0, 0.05) is 22.6 Å². The van der Waals surface area contributed by atoms with Crippen molar-refractivity contribution in [2.24, 2.45) is 5.73 Å². The SMILES string of the molecule is CC(CCCC(=O)O)Nc1cccc(Br)c1C(N)=O. The maximum atomic E-state index is 11.4. The van der Waals surface area contributed by atoms with E-state index < -0.39 is 11.9 Å². The van der Waals surface area contributed by atoms with Crippen molar-refractivity contribution in [1.29, 1.82) is 0 Å². The Morgan fingerprint density at radius 2 is 2.16 bits per heavy atom. The molecular weight excluding hydrogens is 312 g/mol. The molecule has 0 heterocycles. The summed E-state index contributed by atoms with van der Waals surface area (Å²) in [5.41, 5.74) is 6.41. The number of amides is 1. The van der Waals surface area contributed by atoms with Gasteiger partial charge in [0.25, 0.3) is 5.91 Å². The van der Waals surface area contributed by atoms with Crippen LogP contribution in [0.1, 0.15) is 36.5 Å². The minimum atomic E-state index is -0.799. The summed E-state index contributed by atoms with van der Waals surface area (Å²) < 4.78 is 0.641. The predicted molar refractivity (Wildman–Crippen MR) is 77.2 cm³/mol. The molecule has 0 fully saturated rings. The van der Waals surface area contributed by atoms with Gasteiger partial charge in [-0.3, -0.25) is 9.59 Å². The molecule has 104 valence electrons. The molecular formula is C13H17BrN2O3. The number of carboxylic acid groups (broad SMARTS) is 1. The number of carboxylic acids is 1. The molecule has 6 heteroatoms. The van der Waals surface area contributed by atoms with Gasteiger partial charge in [-0.15, -0.1) is 0 Å². The van der Waals surface area contributed by atoms with Crippen LogP contribution in [0.2, 0.25) is 0 Å². The van der Waals surface area contributed by atoms with Gasteiger partial charge in [0.15, 0.2) is 0 Å². The van der Waals surface area contributed by atoms with Gasteiger partial charge < -0.3 is 16.2 Å². The molecule has 0 radical (unpaired) electrons. The third-order valence-corrected chi connectivity index (χ3v) is 3.35. The van der Waals surface area contributed by atoms with Crippen molar-refractivity contribution in [2.75, 3.05) is 5.32 Å². The van der Waals surface area contributed by atoms with Gasteiger partial charge in [0.2, 0.25) is 0 Å². The second kappa shape index (κ2) is 7.13. The Hall–Kier alpha value is -1.56. The Morgan fingerprint density at radius 1 is 1.47 bits per heavy atom. The van der Waals surface area contributed by atoms with E-state index in [4.69, 9.17) is 10.8 Å². The fourth-order valence-electron chi connectivity index (χ4n) is 1.79. The fraction of sp³-hybridized carbons (Fsp3) is 0.385. The van der Waals surface area contributed by atoms with Crippen LogP contribution in [0.25, 0.3) is 0 Å². The van der Waals surface area contributed by atoms with Crippen molar-refractivity contribution in [3.05, 3.63) is 28.2 Å². The molecule has 0 aromatic heterocycles. The van der Waals surface area contributed by atoms with Crippen molar-refractivity contribution >= 4 is 33.5 Å². The van der Waals surface area contributed by atoms with Gasteiger partial charge in [-0.1, -0.05) is 6.07 Å². The van der Waals surface area contributed by atoms with Gasteiger partial charge in [-0.25, -0.2) is 0 Å². The largest absolute Gasteiger partial charge is 0.481 e. The Bertz CT molecular complexity index is 477. The lowest BCUT2D eigenvalue weighted by Crippen LogP contribution is -2.20. The Kier molecular flexibility index (Phi) is 5.82. The summed E-state index contributed by atoms with van der Waals surface area (Å²) in [6, 6.07) is 5.40. The lowest BCUT2D eigenvalue weighted by atomic mass is 10.1. The van der Waals surface area contributed by atoms with Gasteiger partial charge >= 0.3 is 5.97 Å². The molecule has 1 amide bonds. The number of carbonyl (C=O) groups is 2. The molecule has 5 nitrogen and oxygen atoms in total. The molecule has 1 atom stereocenters. The van der Waals surface area contributed by atoms with Crippen LogP contribution in [0.15, 0.2) is 22.7 Å². The van der Waals surface area contributed by atoms with Gasteiger partial charge in [-0.05, 0) is 47.8 Å². The van der Waals surface area contributed by atoms with Crippen LogP contribution in [-0.4, -0.2) is 23.0 Å². The minimum Gasteiger partial charge on any atom is -0.481 e. The average Bonchev–Trinajstić information content (AvgIpc) is 2.27. The van der Waals surface area contributed by atoms with Crippen molar-refractivity contribution in [3.63, 3.8) is 0 Å². The topological polar surface area (TPSA) is 92.4 Å². The van der Waals surface area contributed by atoms with Crippen molar-refractivity contribution < 1.29 is 14.7 Å². The zero-order valence-electron chi connectivity index (χ0n) is 10.6. The third kappa shape index (κ3) is 4.90. The monoisotopic (exact) mass is 328 g/mol. The average molecular weight is 329 g/mol. The molecule has 1 aromatic rings. The lowest BCUT2D eigenvalue weighted by molar-refractivity contribution is -0.137. The van der Waals surface area contributed by atoms with Gasteiger partial charge in [-0.2, -0.15) is 0 Å². The summed E-state index contributed by atoms with van der Waals surface area (Å²) in [6.45, 7) is 1.94. The van der Waals surface area contributed by atoms with E-state index >= 15 is 0 Å². The molecule has 0 saturated carbocycles. The molecule has 0 bridgehead atoms. The summed E-state index contributed by atoms with van der Waals surface area (Å²) in [4.78, 5) is 21.8. The van der Waals surface area contributed by atoms with Crippen LogP contribution >= 0.6 is 15.9 Å². The van der Waals surface area contributed by atoms with E-state index in [2.05, 4.69) is 21.2 Å². The number of benzene rings is 1. The molecule has 0 saturated heterocycles. The highest BCUT2D eigenvalue weighted by atomic mass is 79.9. The molecule has 1 rings (SSSR count). The molecule has 1 aromatic carbocycles. The van der Waals surface area contributed by atoms with Crippen LogP contribution in [0.5, 0.6) is 0 Å². The summed E-state index contributed by atoms with van der Waals surface area (Å²) in [5, 5.41) is 11.8. The van der Waals surface area contributed by atoms with Gasteiger partial charge in [0.1, 0.15) is 0 Å². The number of halogens is 1. The van der Waals surface area contributed by atoms with Crippen LogP contribution in [0.4, 0.5) is 5.69 Å². The molecule has 1 unspecified atom stereocenters. The maximum absolute atomic E-state index is 11.4. The van der Waals surface area contributed by atoms with E-state index in [1.807, 2.05) is 13.0 Å². The summed E-state index contributed by atoms with van der Waals surface area (Å²) in [6.07, 6.45) is 1.44. The number of primary amides is 1. The summed E-state index contributed by atoms with van der Waals surface area (Å²) in [7, 11) is 0. The number of nitrogens with two attached hydrogens (primary N) is 1. The minimum absolute atomic E-state index is 0.0618. The van der Waals surface area contributed by atoms with E-state index in [1.54, 1.807) is 12.1 Å². The second-order valence-corrected chi connectivity index (χ2v) is 5.21. The number of anilines is 1. The summed E-state index contributed by atoms with van der Waals surface area (Å²) in [5.74, 6) is -1.31. The Morgan fingerprint density at radius 3 is 2.74 bits per heavy atom. The molecule has 0 aliphatic heterocycles. The van der Waals surface area contributed by atoms with Crippen molar-refractivity contribution in [3.8, 4) is 0 Å². The summed E-state index contributed by atoms with van der Waals surface area (Å²) >= 11 is 3.29. The zero-order valence-corrected chi connectivity index (χ0v) is 12.2. The van der Waals surface area contributed by atoms with E-state index in [0.717, 1.165) is 0 Å². The highest BCUT2D eigenvalue weighted by Gasteiger charge is 2.13. The van der Waals surface area contributed by atoms with Crippen LogP contribution in [-0.2, 0) is 4.79 Å². The normalized spacial score (nSPS) is 11.9. The first-order chi connectivity index (χ1) is 8.91. The third-order valence-electron chi connectivity index (χ3n) is 2.69. The first-order valence-corrected chi connectivity index (χ1v) is 6.77. The van der Waals surface area contributed by atoms with E-state index in [-0.39, 0.29) is 12.5 Å². The van der Waals surface area contributed by atoms with Crippen molar-refractivity contribution in [1.82, 2.24) is 0 Å². The lowest BCUT2D eigenvalue weighted by Gasteiger charge is -2.17. The quantitative estimate of drug-likeness (QED) is 0.717. The number of rotatable bonds is 7. The molecule has 0 spiro atoms. The van der Waals surface area contributed by atoms with E-state index in [0.29, 0.717) is 28.6 Å². The van der Waals surface area contributed by atoms with E-state index in [1.165, 1.54) is 0 Å². The molecule has 4 N–H and O–H groups in total. The highest BCUT2D eigenvalue weighted by Crippen LogP contribution is 2.25. The highest BCUT2D eigenvalue weighted by molar-refractivity contribution is 9.10. The number of carbonyl (C=O) groups excluding carboxylic acids is 1. The molecule has 19 heavy (non-hydrogen) atoms. The standard InChI is InChI=1S/C13H17BrN2O3/c1-8(4-2-7-11(17)18)16-10-6-3-5-9(14)12(10)13(15)19/h3,5-6,8,16H,2,4,7H2,1H3,(H2,15,19)(H,17,18). The Labute approximate surface area is 120 Å². The fourth-order valence-corrected chi connectivity index (χ4v) is 2.35. The first-order valence-electron chi connectivity index (χ1n) is 5.98. The first kappa shape index (κ1) is 15.5. The maximum Gasteiger partial charge on any atom is 0.303 e. The number of hydrogen-bond donors (Lipinski definition) is 3. The zero-order chi connectivity index (χ0) is 14.4. The molecule has 0 aliphatic carbocycles. The Balaban J connectivity index is 2.68. The predicted octanol–water partition coefficient (Wildman–Crippen LogP) is 2.60. The van der Waals surface area contributed by atoms with Crippen molar-refractivity contribution in [2.45, 2.75) is 32.2 Å². The number of hydrogen-bond acceptors (Lipinski definition) is 3. The van der Waals surface area contributed by atoms with Crippen LogP contribution in [0, 0.1) is 0 Å². The van der Waals surface area contributed by atoms with Crippen LogP contribution < -0.4 is 11.1 Å². The van der Waals surface area contributed by atoms with Crippen LogP contribution in [0.3, 0.4) is 0 Å². The second-order valence-electron chi connectivity index (χ2n) is 4.36. The van der Waals surface area contributed by atoms with Gasteiger partial charge in [0.05, 0.1) is 5.56 Å². The van der Waals surface area contributed by atoms with E-state index in [9.17, 15) is 9.59 Å². The number of aliphatic carboxylic acids is 1. The molecule has 0 aliphatic rings. The smallest absolute Gasteiger partial charge is 0.303 e. The number of nitrogens with one attached hydrogen (secondary N) is 1.